The van der Waals surface area contributed by atoms with Crippen molar-refractivity contribution in [2.75, 3.05) is 12.3 Å². The van der Waals surface area contributed by atoms with E-state index in [0.717, 1.165) is 11.3 Å². The number of nitrogen functional groups attached to an aromatic ring is 1. The van der Waals surface area contributed by atoms with Crippen molar-refractivity contribution in [1.29, 1.82) is 0 Å². The van der Waals surface area contributed by atoms with E-state index in [0.29, 0.717) is 25.3 Å². The van der Waals surface area contributed by atoms with Crippen molar-refractivity contribution < 1.29 is 9.84 Å². The van der Waals surface area contributed by atoms with Gasteiger partial charge in [0.05, 0.1) is 13.2 Å². The van der Waals surface area contributed by atoms with Crippen molar-refractivity contribution in [3.05, 3.63) is 58.5 Å². The molecular formula is C15H18N2O3. The van der Waals surface area contributed by atoms with Gasteiger partial charge in [0.15, 0.2) is 0 Å². The monoisotopic (exact) mass is 274 g/mol. The molecule has 0 aliphatic rings. The first-order valence-corrected chi connectivity index (χ1v) is 6.47. The van der Waals surface area contributed by atoms with E-state index < -0.39 is 0 Å². The second kappa shape index (κ2) is 6.77. The summed E-state index contributed by atoms with van der Waals surface area (Å²) < 4.78 is 7.15. The molecular weight excluding hydrogens is 256 g/mol. The number of nitrogens with two attached hydrogens (primary N) is 1. The summed E-state index contributed by atoms with van der Waals surface area (Å²) in [5, 5.41) is 9.03. The number of rotatable bonds is 6. The third-order valence-corrected chi connectivity index (χ3v) is 2.90. The van der Waals surface area contributed by atoms with Gasteiger partial charge in [-0.2, -0.15) is 0 Å². The third kappa shape index (κ3) is 3.86. The Labute approximate surface area is 117 Å². The highest BCUT2D eigenvalue weighted by Gasteiger charge is 1.99. The van der Waals surface area contributed by atoms with Gasteiger partial charge in [0.2, 0.25) is 0 Å². The van der Waals surface area contributed by atoms with E-state index in [2.05, 4.69) is 0 Å². The van der Waals surface area contributed by atoms with Crippen LogP contribution in [0, 0.1) is 0 Å². The standard InChI is InChI=1S/C15H18N2O3/c16-13-5-6-15(19)17(10-13)7-2-8-20-14-4-1-3-12(9-14)11-18/h1,3-6,9-10,18H,2,7-8,11,16H2. The van der Waals surface area contributed by atoms with Crippen LogP contribution in [0.4, 0.5) is 5.69 Å². The molecule has 0 spiro atoms. The average Bonchev–Trinajstić information content (AvgIpc) is 2.47. The van der Waals surface area contributed by atoms with Crippen LogP contribution in [0.5, 0.6) is 5.75 Å². The summed E-state index contributed by atoms with van der Waals surface area (Å²) in [7, 11) is 0. The van der Waals surface area contributed by atoms with Crippen molar-refractivity contribution >= 4 is 5.69 Å². The highest BCUT2D eigenvalue weighted by Crippen LogP contribution is 2.13. The lowest BCUT2D eigenvalue weighted by molar-refractivity contribution is 0.277. The molecule has 0 unspecified atom stereocenters. The van der Waals surface area contributed by atoms with Crippen molar-refractivity contribution in [3.63, 3.8) is 0 Å². The Morgan fingerprint density at radius 1 is 1.25 bits per heavy atom. The number of aliphatic hydroxyl groups excluding tert-OH is 1. The molecule has 0 aliphatic heterocycles. The molecule has 5 nitrogen and oxygen atoms in total. The predicted molar refractivity (Wildman–Crippen MR) is 77.6 cm³/mol. The Morgan fingerprint density at radius 3 is 2.90 bits per heavy atom. The maximum absolute atomic E-state index is 11.6. The predicted octanol–water partition coefficient (Wildman–Crippen LogP) is 1.39. The van der Waals surface area contributed by atoms with Crippen LogP contribution in [-0.4, -0.2) is 16.3 Å². The van der Waals surface area contributed by atoms with E-state index in [-0.39, 0.29) is 12.2 Å². The molecule has 2 aromatic rings. The fourth-order valence-corrected chi connectivity index (χ4v) is 1.88. The molecule has 1 heterocycles. The summed E-state index contributed by atoms with van der Waals surface area (Å²) in [6, 6.07) is 10.4. The SMILES string of the molecule is Nc1ccc(=O)n(CCCOc2cccc(CO)c2)c1. The van der Waals surface area contributed by atoms with Crippen molar-refractivity contribution in [2.45, 2.75) is 19.6 Å². The first-order chi connectivity index (χ1) is 9.69. The average molecular weight is 274 g/mol. The summed E-state index contributed by atoms with van der Waals surface area (Å²) in [5.41, 5.74) is 6.96. The zero-order valence-electron chi connectivity index (χ0n) is 11.2. The number of nitrogens with zero attached hydrogens (tertiary/aromatic N) is 1. The molecule has 1 aromatic heterocycles. The molecule has 0 aliphatic carbocycles. The number of aryl methyl sites for hydroxylation is 1. The second-order valence-electron chi connectivity index (χ2n) is 4.50. The van der Waals surface area contributed by atoms with Crippen LogP contribution in [0.1, 0.15) is 12.0 Å². The van der Waals surface area contributed by atoms with Gasteiger partial charge >= 0.3 is 0 Å². The third-order valence-electron chi connectivity index (χ3n) is 2.90. The Morgan fingerprint density at radius 2 is 2.10 bits per heavy atom. The molecule has 0 radical (unpaired) electrons. The van der Waals surface area contributed by atoms with Crippen LogP contribution in [0.2, 0.25) is 0 Å². The second-order valence-corrected chi connectivity index (χ2v) is 4.50. The summed E-state index contributed by atoms with van der Waals surface area (Å²) in [6.45, 7) is 1.05. The number of pyridine rings is 1. The van der Waals surface area contributed by atoms with Gasteiger partial charge in [0, 0.05) is 24.5 Å². The number of ether oxygens (including phenoxy) is 1. The maximum Gasteiger partial charge on any atom is 0.250 e. The largest absolute Gasteiger partial charge is 0.494 e. The number of aliphatic hydroxyl groups is 1. The van der Waals surface area contributed by atoms with Crippen LogP contribution >= 0.6 is 0 Å². The van der Waals surface area contributed by atoms with Crippen LogP contribution < -0.4 is 16.0 Å². The van der Waals surface area contributed by atoms with E-state index >= 15 is 0 Å². The van der Waals surface area contributed by atoms with Crippen molar-refractivity contribution in [1.82, 2.24) is 4.57 Å². The smallest absolute Gasteiger partial charge is 0.250 e. The van der Waals surface area contributed by atoms with Gasteiger partial charge in [-0.1, -0.05) is 12.1 Å². The van der Waals surface area contributed by atoms with Gasteiger partial charge in [0.1, 0.15) is 5.75 Å². The fourth-order valence-electron chi connectivity index (χ4n) is 1.88. The minimum atomic E-state index is -0.0681. The fraction of sp³-hybridized carbons (Fsp3) is 0.267. The Bertz CT molecular complexity index is 623. The summed E-state index contributed by atoms with van der Waals surface area (Å²) in [5.74, 6) is 0.719. The Balaban J connectivity index is 1.84. The summed E-state index contributed by atoms with van der Waals surface area (Å²) in [4.78, 5) is 11.6. The molecule has 0 fully saturated rings. The first-order valence-electron chi connectivity index (χ1n) is 6.47. The lowest BCUT2D eigenvalue weighted by atomic mass is 10.2. The zero-order valence-corrected chi connectivity index (χ0v) is 11.2. The first kappa shape index (κ1) is 14.1. The van der Waals surface area contributed by atoms with Crippen molar-refractivity contribution in [3.8, 4) is 5.75 Å². The summed E-state index contributed by atoms with van der Waals surface area (Å²) in [6.07, 6.45) is 2.33. The molecule has 0 bridgehead atoms. The van der Waals surface area contributed by atoms with Gasteiger partial charge in [-0.05, 0) is 30.2 Å². The maximum atomic E-state index is 11.6. The molecule has 1 aromatic carbocycles. The van der Waals surface area contributed by atoms with Crippen molar-refractivity contribution in [2.24, 2.45) is 0 Å². The van der Waals surface area contributed by atoms with E-state index in [1.807, 2.05) is 18.2 Å². The lowest BCUT2D eigenvalue weighted by Gasteiger charge is -2.09. The lowest BCUT2D eigenvalue weighted by Crippen LogP contribution is -2.20. The van der Waals surface area contributed by atoms with Crippen LogP contribution in [0.15, 0.2) is 47.4 Å². The molecule has 2 rings (SSSR count). The number of aromatic nitrogens is 1. The van der Waals surface area contributed by atoms with Crippen LogP contribution in [-0.2, 0) is 13.2 Å². The van der Waals surface area contributed by atoms with Crippen LogP contribution in [0.3, 0.4) is 0 Å². The highest BCUT2D eigenvalue weighted by molar-refractivity contribution is 5.33. The van der Waals surface area contributed by atoms with Gasteiger partial charge in [-0.15, -0.1) is 0 Å². The number of hydrogen-bond donors (Lipinski definition) is 2. The van der Waals surface area contributed by atoms with Gasteiger partial charge in [-0.3, -0.25) is 4.79 Å². The zero-order chi connectivity index (χ0) is 14.4. The molecule has 0 saturated carbocycles. The molecule has 0 atom stereocenters. The minimum absolute atomic E-state index is 0.00408. The number of hydrogen-bond acceptors (Lipinski definition) is 4. The highest BCUT2D eigenvalue weighted by atomic mass is 16.5. The summed E-state index contributed by atoms with van der Waals surface area (Å²) >= 11 is 0. The number of benzene rings is 1. The van der Waals surface area contributed by atoms with E-state index in [4.69, 9.17) is 15.6 Å². The van der Waals surface area contributed by atoms with Gasteiger partial charge < -0.3 is 20.1 Å². The Kier molecular flexibility index (Phi) is 4.79. The number of anilines is 1. The van der Waals surface area contributed by atoms with E-state index in [1.165, 1.54) is 6.07 Å². The normalized spacial score (nSPS) is 10.4. The molecule has 106 valence electrons. The minimum Gasteiger partial charge on any atom is -0.494 e. The molecule has 3 N–H and O–H groups in total. The van der Waals surface area contributed by atoms with E-state index in [1.54, 1.807) is 22.9 Å². The van der Waals surface area contributed by atoms with Gasteiger partial charge in [0.25, 0.3) is 5.56 Å². The van der Waals surface area contributed by atoms with E-state index in [9.17, 15) is 4.79 Å². The quantitative estimate of drug-likeness (QED) is 0.780. The van der Waals surface area contributed by atoms with Crippen LogP contribution in [0.25, 0.3) is 0 Å². The Hall–Kier alpha value is -2.27. The topological polar surface area (TPSA) is 77.5 Å². The molecule has 0 amide bonds. The van der Waals surface area contributed by atoms with Gasteiger partial charge in [-0.25, -0.2) is 0 Å². The molecule has 0 saturated heterocycles. The molecule has 20 heavy (non-hydrogen) atoms. The molecule has 5 heteroatoms.